The summed E-state index contributed by atoms with van der Waals surface area (Å²) < 4.78 is 0. The van der Waals surface area contributed by atoms with Gasteiger partial charge in [-0.1, -0.05) is 38.5 Å². The monoisotopic (exact) mass is 516 g/mol. The number of carboxylic acids is 1. The second-order valence-electron chi connectivity index (χ2n) is 9.77. The van der Waals surface area contributed by atoms with Crippen molar-refractivity contribution in [3.05, 3.63) is 36.0 Å². The normalized spacial score (nSPS) is 14.5. The van der Waals surface area contributed by atoms with Crippen LogP contribution >= 0.6 is 0 Å². The Morgan fingerprint density at radius 3 is 2.27 bits per heavy atom. The minimum absolute atomic E-state index is 0.0359. The fraction of sp³-hybridized carbons (Fsp3) is 0.538. The van der Waals surface area contributed by atoms with Gasteiger partial charge < -0.3 is 37.5 Å². The van der Waals surface area contributed by atoms with E-state index in [2.05, 4.69) is 20.9 Å². The number of para-hydroxylation sites is 1. The van der Waals surface area contributed by atoms with Crippen LogP contribution < -0.4 is 27.4 Å². The first kappa shape index (κ1) is 29.8. The van der Waals surface area contributed by atoms with E-state index in [9.17, 15) is 24.3 Å². The zero-order valence-electron chi connectivity index (χ0n) is 21.8. The number of aromatic nitrogens is 1. The number of hydrogen-bond donors (Lipinski definition) is 7. The summed E-state index contributed by atoms with van der Waals surface area (Å²) in [5, 5.41) is 18.5. The number of H-pyrrole nitrogens is 1. The summed E-state index contributed by atoms with van der Waals surface area (Å²) in [6, 6.07) is 3.62. The molecular formula is C26H40N6O5. The lowest BCUT2D eigenvalue weighted by atomic mass is 10.0. The highest BCUT2D eigenvalue weighted by atomic mass is 16.4. The first-order valence-electron chi connectivity index (χ1n) is 12.7. The van der Waals surface area contributed by atoms with E-state index in [1.165, 1.54) is 6.92 Å². The van der Waals surface area contributed by atoms with E-state index in [4.69, 9.17) is 11.5 Å². The molecule has 0 aliphatic carbocycles. The third-order valence-corrected chi connectivity index (χ3v) is 6.11. The Hall–Kier alpha value is -3.44. The largest absolute Gasteiger partial charge is 0.480 e. The van der Waals surface area contributed by atoms with Crippen molar-refractivity contribution in [2.75, 3.05) is 6.54 Å². The lowest BCUT2D eigenvalue weighted by Gasteiger charge is -2.25. The summed E-state index contributed by atoms with van der Waals surface area (Å²) in [5.74, 6) is -2.78. The van der Waals surface area contributed by atoms with E-state index in [0.29, 0.717) is 19.4 Å². The van der Waals surface area contributed by atoms with Gasteiger partial charge in [-0.2, -0.15) is 0 Å². The molecule has 0 saturated carbocycles. The van der Waals surface area contributed by atoms with Crippen LogP contribution in [0.15, 0.2) is 30.5 Å². The molecule has 4 atom stereocenters. The van der Waals surface area contributed by atoms with Gasteiger partial charge in [-0.25, -0.2) is 4.79 Å². The van der Waals surface area contributed by atoms with Crippen LogP contribution in [0.3, 0.4) is 0 Å². The number of unbranched alkanes of at least 4 members (excludes halogenated alkanes) is 1. The Kier molecular flexibility index (Phi) is 11.5. The molecule has 2 rings (SSSR count). The fourth-order valence-corrected chi connectivity index (χ4v) is 4.02. The number of rotatable bonds is 15. The van der Waals surface area contributed by atoms with Crippen LogP contribution in [0.1, 0.15) is 52.0 Å². The van der Waals surface area contributed by atoms with Crippen molar-refractivity contribution in [3.8, 4) is 0 Å². The molecule has 0 aliphatic rings. The summed E-state index contributed by atoms with van der Waals surface area (Å²) >= 11 is 0. The molecule has 1 aromatic heterocycles. The number of benzene rings is 1. The van der Waals surface area contributed by atoms with Gasteiger partial charge >= 0.3 is 5.97 Å². The van der Waals surface area contributed by atoms with E-state index in [-0.39, 0.29) is 18.8 Å². The zero-order chi connectivity index (χ0) is 27.5. The van der Waals surface area contributed by atoms with E-state index in [1.54, 1.807) is 6.20 Å². The fourth-order valence-electron chi connectivity index (χ4n) is 4.02. The van der Waals surface area contributed by atoms with Crippen LogP contribution in [0.4, 0.5) is 0 Å². The number of aromatic amines is 1. The number of amides is 3. The van der Waals surface area contributed by atoms with E-state index in [0.717, 1.165) is 22.9 Å². The molecule has 2 aromatic rings. The second-order valence-corrected chi connectivity index (χ2v) is 9.77. The molecule has 0 bridgehead atoms. The van der Waals surface area contributed by atoms with Gasteiger partial charge in [-0.3, -0.25) is 14.4 Å². The van der Waals surface area contributed by atoms with Gasteiger partial charge in [0, 0.05) is 23.5 Å². The number of carbonyl (C=O) groups excluding carboxylic acids is 3. The molecule has 1 aromatic carbocycles. The second kappa shape index (κ2) is 14.3. The van der Waals surface area contributed by atoms with Crippen LogP contribution in [-0.2, 0) is 25.6 Å². The number of fused-ring (bicyclic) bond motifs is 1. The quantitative estimate of drug-likeness (QED) is 0.170. The topological polar surface area (TPSA) is 192 Å². The maximum atomic E-state index is 13.1. The lowest BCUT2D eigenvalue weighted by molar-refractivity contribution is -0.142. The Bertz CT molecular complexity index is 1070. The smallest absolute Gasteiger partial charge is 0.326 e. The molecule has 37 heavy (non-hydrogen) atoms. The Labute approximate surface area is 217 Å². The summed E-state index contributed by atoms with van der Waals surface area (Å²) in [5.41, 5.74) is 13.0. The zero-order valence-corrected chi connectivity index (χ0v) is 21.8. The molecule has 3 amide bonds. The minimum atomic E-state index is -1.19. The van der Waals surface area contributed by atoms with E-state index in [1.807, 2.05) is 38.1 Å². The molecule has 0 radical (unpaired) electrons. The number of carbonyl (C=O) groups is 4. The first-order valence-corrected chi connectivity index (χ1v) is 12.7. The van der Waals surface area contributed by atoms with Crippen molar-refractivity contribution in [1.82, 2.24) is 20.9 Å². The Balaban J connectivity index is 2.04. The van der Waals surface area contributed by atoms with E-state index >= 15 is 0 Å². The van der Waals surface area contributed by atoms with Gasteiger partial charge in [0.25, 0.3) is 0 Å². The minimum Gasteiger partial charge on any atom is -0.480 e. The molecule has 0 fully saturated rings. The maximum absolute atomic E-state index is 13.1. The average Bonchev–Trinajstić information content (AvgIpc) is 3.25. The number of nitrogens with one attached hydrogen (secondary N) is 4. The molecule has 9 N–H and O–H groups in total. The molecular weight excluding hydrogens is 476 g/mol. The summed E-state index contributed by atoms with van der Waals surface area (Å²) in [4.78, 5) is 53.3. The van der Waals surface area contributed by atoms with E-state index < -0.39 is 47.9 Å². The van der Waals surface area contributed by atoms with Crippen molar-refractivity contribution in [2.45, 2.75) is 77.0 Å². The van der Waals surface area contributed by atoms with Crippen molar-refractivity contribution in [1.29, 1.82) is 0 Å². The lowest BCUT2D eigenvalue weighted by Crippen LogP contribution is -2.56. The third-order valence-electron chi connectivity index (χ3n) is 6.11. The molecule has 4 unspecified atom stereocenters. The number of carboxylic acid groups (broad SMARTS) is 1. The van der Waals surface area contributed by atoms with Crippen molar-refractivity contribution < 1.29 is 24.3 Å². The van der Waals surface area contributed by atoms with Crippen molar-refractivity contribution in [2.24, 2.45) is 17.4 Å². The van der Waals surface area contributed by atoms with Gasteiger partial charge in [0.2, 0.25) is 17.7 Å². The highest BCUT2D eigenvalue weighted by Crippen LogP contribution is 2.19. The molecule has 0 spiro atoms. The van der Waals surface area contributed by atoms with Gasteiger partial charge in [0.15, 0.2) is 0 Å². The molecule has 0 aliphatic heterocycles. The highest BCUT2D eigenvalue weighted by molar-refractivity contribution is 5.94. The van der Waals surface area contributed by atoms with Crippen LogP contribution in [0.5, 0.6) is 0 Å². The predicted molar refractivity (Wildman–Crippen MR) is 141 cm³/mol. The summed E-state index contributed by atoms with van der Waals surface area (Å²) in [6.45, 7) is 5.79. The van der Waals surface area contributed by atoms with Crippen molar-refractivity contribution >= 4 is 34.6 Å². The van der Waals surface area contributed by atoms with Crippen LogP contribution in [-0.4, -0.2) is 64.5 Å². The Morgan fingerprint density at radius 1 is 0.946 bits per heavy atom. The van der Waals surface area contributed by atoms with Crippen LogP contribution in [0.2, 0.25) is 0 Å². The predicted octanol–water partition coefficient (Wildman–Crippen LogP) is 0.772. The standard InChI is InChI=1S/C26H40N6O5/c1-15(2)12-21(31-23(33)16(3)30-24(34)19(28)9-6-7-11-27)25(35)32-22(26(36)37)13-17-14-29-20-10-5-4-8-18(17)20/h4-5,8,10,14-16,19,21-22,29H,6-7,9,11-13,27-28H2,1-3H3,(H,30,34)(H,31,33)(H,32,35)(H,36,37). The molecule has 11 heteroatoms. The number of hydrogen-bond acceptors (Lipinski definition) is 6. The van der Waals surface area contributed by atoms with Crippen molar-refractivity contribution in [3.63, 3.8) is 0 Å². The molecule has 1 heterocycles. The Morgan fingerprint density at radius 2 is 1.62 bits per heavy atom. The SMILES string of the molecule is CC(C)CC(NC(=O)C(C)NC(=O)C(N)CCCCN)C(=O)NC(Cc1c[nH]c2ccccc12)C(=O)O. The first-order chi connectivity index (χ1) is 17.5. The molecule has 204 valence electrons. The van der Waals surface area contributed by atoms with Gasteiger partial charge in [-0.15, -0.1) is 0 Å². The molecule has 0 saturated heterocycles. The average molecular weight is 517 g/mol. The number of aliphatic carboxylic acids is 1. The third kappa shape index (κ3) is 9.18. The molecule has 11 nitrogen and oxygen atoms in total. The number of nitrogens with two attached hydrogens (primary N) is 2. The van der Waals surface area contributed by atoms with Gasteiger partial charge in [-0.05, 0) is 50.3 Å². The highest BCUT2D eigenvalue weighted by Gasteiger charge is 2.29. The van der Waals surface area contributed by atoms with Crippen LogP contribution in [0.25, 0.3) is 10.9 Å². The van der Waals surface area contributed by atoms with Crippen LogP contribution in [0, 0.1) is 5.92 Å². The summed E-state index contributed by atoms with van der Waals surface area (Å²) in [7, 11) is 0. The van der Waals surface area contributed by atoms with Gasteiger partial charge in [0.05, 0.1) is 6.04 Å². The summed E-state index contributed by atoms with van der Waals surface area (Å²) in [6.07, 6.45) is 3.98. The maximum Gasteiger partial charge on any atom is 0.326 e. The van der Waals surface area contributed by atoms with Gasteiger partial charge in [0.1, 0.15) is 18.1 Å².